The van der Waals surface area contributed by atoms with Gasteiger partial charge in [-0.25, -0.2) is 0 Å². The Labute approximate surface area is 108 Å². The van der Waals surface area contributed by atoms with Crippen molar-refractivity contribution >= 4 is 5.97 Å². The fourth-order valence-electron chi connectivity index (χ4n) is 1.77. The lowest BCUT2D eigenvalue weighted by molar-refractivity contribution is -0.141. The summed E-state index contributed by atoms with van der Waals surface area (Å²) in [6.07, 6.45) is 6.44. The lowest BCUT2D eigenvalue weighted by Gasteiger charge is -2.11. The van der Waals surface area contributed by atoms with E-state index in [-0.39, 0.29) is 12.0 Å². The van der Waals surface area contributed by atoms with Crippen LogP contribution in [0.25, 0.3) is 0 Å². The van der Waals surface area contributed by atoms with Gasteiger partial charge in [-0.2, -0.15) is 0 Å². The first kappa shape index (κ1) is 14.5. The third kappa shape index (κ3) is 5.15. The van der Waals surface area contributed by atoms with Crippen LogP contribution in [0.1, 0.15) is 37.8 Å². The van der Waals surface area contributed by atoms with Gasteiger partial charge in [-0.1, -0.05) is 42.5 Å². The third-order valence-corrected chi connectivity index (χ3v) is 2.94. The molecule has 2 rings (SSSR count). The lowest BCUT2D eigenvalue weighted by atomic mass is 9.95. The van der Waals surface area contributed by atoms with Gasteiger partial charge in [0.05, 0.1) is 5.92 Å². The van der Waals surface area contributed by atoms with Gasteiger partial charge in [-0.3, -0.25) is 4.79 Å². The molecule has 0 saturated carbocycles. The first-order valence-electron chi connectivity index (χ1n) is 6.29. The topological polar surface area (TPSA) is 63.3 Å². The fraction of sp³-hybridized carbons (Fsp3) is 0.400. The van der Waals surface area contributed by atoms with Gasteiger partial charge >= 0.3 is 5.97 Å². The van der Waals surface area contributed by atoms with Crippen molar-refractivity contribution in [3.05, 3.63) is 48.0 Å². The Morgan fingerprint density at radius 2 is 2.00 bits per heavy atom. The first-order chi connectivity index (χ1) is 8.61. The Kier molecular flexibility index (Phi) is 6.15. The molecule has 1 aromatic rings. The molecular weight excluding hydrogens is 226 g/mol. The van der Waals surface area contributed by atoms with Crippen LogP contribution >= 0.6 is 0 Å². The van der Waals surface area contributed by atoms with Crippen LogP contribution in [0.3, 0.4) is 0 Å². The number of hydrogen-bond donors (Lipinski definition) is 2. The molecule has 0 radical (unpaired) electrons. The predicted octanol–water partition coefficient (Wildman–Crippen LogP) is 3.13. The average molecular weight is 247 g/mol. The highest BCUT2D eigenvalue weighted by Crippen LogP contribution is 2.17. The van der Waals surface area contributed by atoms with E-state index in [1.165, 1.54) is 5.56 Å². The van der Waals surface area contributed by atoms with Crippen LogP contribution in [-0.4, -0.2) is 11.1 Å². The predicted molar refractivity (Wildman–Crippen MR) is 73.2 cm³/mol. The van der Waals surface area contributed by atoms with Gasteiger partial charge in [0, 0.05) is 6.04 Å². The molecule has 0 aromatic heterocycles. The van der Waals surface area contributed by atoms with Crippen LogP contribution in [0, 0.1) is 5.92 Å². The number of aliphatic carboxylic acids is 1. The maximum atomic E-state index is 10.3. The molecule has 2 unspecified atom stereocenters. The lowest BCUT2D eigenvalue weighted by Crippen LogP contribution is -2.13. The molecule has 0 spiro atoms. The fourth-order valence-corrected chi connectivity index (χ4v) is 1.77. The molecule has 0 heterocycles. The summed E-state index contributed by atoms with van der Waals surface area (Å²) in [7, 11) is 0. The maximum Gasteiger partial charge on any atom is 0.306 e. The number of carboxylic acids is 1. The van der Waals surface area contributed by atoms with Crippen LogP contribution in [0.5, 0.6) is 0 Å². The van der Waals surface area contributed by atoms with Crippen molar-refractivity contribution in [2.75, 3.05) is 0 Å². The quantitative estimate of drug-likeness (QED) is 0.789. The highest BCUT2D eigenvalue weighted by atomic mass is 16.4. The molecule has 0 saturated heterocycles. The molecule has 1 aliphatic rings. The van der Waals surface area contributed by atoms with Crippen molar-refractivity contribution in [1.82, 2.24) is 0 Å². The molecule has 0 amide bonds. The molecule has 3 heteroatoms. The van der Waals surface area contributed by atoms with Crippen molar-refractivity contribution in [2.45, 2.75) is 32.2 Å². The van der Waals surface area contributed by atoms with Crippen LogP contribution in [0.2, 0.25) is 0 Å². The zero-order chi connectivity index (χ0) is 13.4. The molecule has 98 valence electrons. The molecule has 0 aliphatic heterocycles. The molecule has 0 bridgehead atoms. The molecule has 1 aromatic carbocycles. The molecule has 2 atom stereocenters. The minimum atomic E-state index is -0.653. The van der Waals surface area contributed by atoms with E-state index in [4.69, 9.17) is 10.8 Å². The highest BCUT2D eigenvalue weighted by molar-refractivity contribution is 5.70. The van der Waals surface area contributed by atoms with Crippen LogP contribution in [0.4, 0.5) is 0 Å². The van der Waals surface area contributed by atoms with E-state index in [0.717, 1.165) is 19.3 Å². The third-order valence-electron chi connectivity index (χ3n) is 2.94. The second kappa shape index (κ2) is 7.67. The molecule has 1 aliphatic carbocycles. The van der Waals surface area contributed by atoms with E-state index in [1.807, 2.05) is 49.4 Å². The average Bonchev–Trinajstić information content (AvgIpc) is 2.41. The number of carbonyl (C=O) groups is 1. The summed E-state index contributed by atoms with van der Waals surface area (Å²) in [5.41, 5.74) is 6.81. The van der Waals surface area contributed by atoms with Crippen LogP contribution < -0.4 is 5.73 Å². The normalized spacial score (nSPS) is 19.6. The summed E-state index contributed by atoms with van der Waals surface area (Å²) in [4.78, 5) is 10.3. The maximum absolute atomic E-state index is 10.3. The SMILES string of the molecule is CC(N)c1ccccc1.O=C(O)C1CC=CCC1. The van der Waals surface area contributed by atoms with E-state index in [1.54, 1.807) is 0 Å². The van der Waals surface area contributed by atoms with Crippen molar-refractivity contribution in [3.8, 4) is 0 Å². The Balaban J connectivity index is 0.000000180. The summed E-state index contributed by atoms with van der Waals surface area (Å²) >= 11 is 0. The highest BCUT2D eigenvalue weighted by Gasteiger charge is 2.16. The minimum absolute atomic E-state index is 0.116. The second-order valence-electron chi connectivity index (χ2n) is 4.52. The summed E-state index contributed by atoms with van der Waals surface area (Å²) in [5, 5.41) is 8.50. The standard InChI is InChI=1S/C8H11N.C7H10O2/c1-7(9)8-5-3-2-4-6-8;8-7(9)6-4-2-1-3-5-6/h2-7H,9H2,1H3;1-2,6H,3-5H2,(H,8,9). The zero-order valence-corrected chi connectivity index (χ0v) is 10.8. The Hall–Kier alpha value is -1.61. The van der Waals surface area contributed by atoms with Crippen molar-refractivity contribution in [1.29, 1.82) is 0 Å². The van der Waals surface area contributed by atoms with Gasteiger partial charge in [-0.15, -0.1) is 0 Å². The van der Waals surface area contributed by atoms with Gasteiger partial charge in [0.1, 0.15) is 0 Å². The molecule has 18 heavy (non-hydrogen) atoms. The molecule has 0 fully saturated rings. The van der Waals surface area contributed by atoms with Gasteiger partial charge in [0.25, 0.3) is 0 Å². The molecular formula is C15H21NO2. The first-order valence-corrected chi connectivity index (χ1v) is 6.29. The minimum Gasteiger partial charge on any atom is -0.481 e. The summed E-state index contributed by atoms with van der Waals surface area (Å²) in [5.74, 6) is -0.769. The van der Waals surface area contributed by atoms with Crippen LogP contribution in [0.15, 0.2) is 42.5 Å². The van der Waals surface area contributed by atoms with Crippen molar-refractivity contribution < 1.29 is 9.90 Å². The number of allylic oxidation sites excluding steroid dienone is 2. The van der Waals surface area contributed by atoms with Crippen molar-refractivity contribution in [3.63, 3.8) is 0 Å². The van der Waals surface area contributed by atoms with E-state index in [0.29, 0.717) is 0 Å². The Bertz CT molecular complexity index is 385. The van der Waals surface area contributed by atoms with Gasteiger partial charge < -0.3 is 10.8 Å². The van der Waals surface area contributed by atoms with E-state index in [2.05, 4.69) is 0 Å². The monoisotopic (exact) mass is 247 g/mol. The number of rotatable bonds is 2. The van der Waals surface area contributed by atoms with E-state index < -0.39 is 5.97 Å². The summed E-state index contributed by atoms with van der Waals surface area (Å²) in [6.45, 7) is 1.98. The van der Waals surface area contributed by atoms with E-state index >= 15 is 0 Å². The zero-order valence-electron chi connectivity index (χ0n) is 10.8. The molecule has 3 N–H and O–H groups in total. The van der Waals surface area contributed by atoms with E-state index in [9.17, 15) is 4.79 Å². The number of benzene rings is 1. The van der Waals surface area contributed by atoms with Crippen LogP contribution in [-0.2, 0) is 4.79 Å². The number of carboxylic acid groups (broad SMARTS) is 1. The second-order valence-corrected chi connectivity index (χ2v) is 4.52. The number of hydrogen-bond acceptors (Lipinski definition) is 2. The van der Waals surface area contributed by atoms with Crippen molar-refractivity contribution in [2.24, 2.45) is 11.7 Å². The smallest absolute Gasteiger partial charge is 0.306 e. The largest absolute Gasteiger partial charge is 0.481 e. The Morgan fingerprint density at radius 1 is 1.33 bits per heavy atom. The molecule has 3 nitrogen and oxygen atoms in total. The van der Waals surface area contributed by atoms with Gasteiger partial charge in [-0.05, 0) is 31.7 Å². The van der Waals surface area contributed by atoms with Gasteiger partial charge in [0.15, 0.2) is 0 Å². The van der Waals surface area contributed by atoms with Gasteiger partial charge in [0.2, 0.25) is 0 Å². The Morgan fingerprint density at radius 3 is 2.33 bits per heavy atom. The summed E-state index contributed by atoms with van der Waals surface area (Å²) < 4.78 is 0. The summed E-state index contributed by atoms with van der Waals surface area (Å²) in [6, 6.07) is 10.2. The number of nitrogens with two attached hydrogens (primary N) is 1.